The normalized spacial score (nSPS) is 12.3. The van der Waals surface area contributed by atoms with E-state index >= 15 is 0 Å². The number of thiophene rings is 1. The number of likely N-dealkylation sites (N-methyl/N-ethyl adjacent to an activating group) is 1. The number of hydrogen-bond acceptors (Lipinski definition) is 5. The number of fused-ring (bicyclic) bond motifs is 1. The molecule has 2 heterocycles. The number of aromatic nitrogens is 2. The number of benzene rings is 2. The molecular weight excluding hydrogens is 451 g/mol. The maximum Gasteiger partial charge on any atom is 0.263 e. The molecule has 4 rings (SSSR count). The second-order valence-electron chi connectivity index (χ2n) is 8.39. The zero-order valence-electron chi connectivity index (χ0n) is 19.4. The third-order valence-electron chi connectivity index (χ3n) is 5.92. The van der Waals surface area contributed by atoms with E-state index in [2.05, 4.69) is 46.4 Å². The van der Waals surface area contributed by atoms with Crippen molar-refractivity contribution in [3.63, 3.8) is 0 Å². The molecule has 0 radical (unpaired) electrons. The highest BCUT2D eigenvalue weighted by Crippen LogP contribution is 2.30. The van der Waals surface area contributed by atoms with Gasteiger partial charge in [0.05, 0.1) is 17.8 Å². The summed E-state index contributed by atoms with van der Waals surface area (Å²) in [5.41, 5.74) is 3.51. The van der Waals surface area contributed by atoms with E-state index in [9.17, 15) is 14.0 Å². The molecule has 0 aliphatic rings. The Bertz CT molecular complexity index is 1340. The van der Waals surface area contributed by atoms with E-state index < -0.39 is 0 Å². The summed E-state index contributed by atoms with van der Waals surface area (Å²) >= 11 is 1.35. The molecule has 4 aromatic rings. The Morgan fingerprint density at radius 3 is 2.50 bits per heavy atom. The van der Waals surface area contributed by atoms with Crippen molar-refractivity contribution < 1.29 is 9.18 Å². The Morgan fingerprint density at radius 2 is 1.85 bits per heavy atom. The molecule has 6 nitrogen and oxygen atoms in total. The smallest absolute Gasteiger partial charge is 0.263 e. The highest BCUT2D eigenvalue weighted by molar-refractivity contribution is 7.17. The topological polar surface area (TPSA) is 67.2 Å². The summed E-state index contributed by atoms with van der Waals surface area (Å²) in [6.45, 7) is 2.40. The van der Waals surface area contributed by atoms with Crippen LogP contribution in [-0.2, 0) is 17.8 Å². The van der Waals surface area contributed by atoms with Crippen molar-refractivity contribution in [1.29, 1.82) is 0 Å². The molecule has 0 bridgehead atoms. The number of aryl methyl sites for hydroxylation is 1. The molecule has 0 aliphatic heterocycles. The van der Waals surface area contributed by atoms with E-state index in [1.165, 1.54) is 39.9 Å². The first-order valence-corrected chi connectivity index (χ1v) is 12.0. The van der Waals surface area contributed by atoms with Crippen LogP contribution in [0.25, 0.3) is 21.3 Å². The number of halogens is 1. The minimum atomic E-state index is -0.340. The van der Waals surface area contributed by atoms with Gasteiger partial charge in [0.25, 0.3) is 5.56 Å². The van der Waals surface area contributed by atoms with Crippen molar-refractivity contribution in [2.45, 2.75) is 25.9 Å². The van der Waals surface area contributed by atoms with Crippen molar-refractivity contribution in [1.82, 2.24) is 19.8 Å². The maximum absolute atomic E-state index is 13.3. The van der Waals surface area contributed by atoms with Crippen LogP contribution in [0.4, 0.5) is 4.39 Å². The summed E-state index contributed by atoms with van der Waals surface area (Å²) in [4.78, 5) is 32.9. The second-order valence-corrected chi connectivity index (χ2v) is 9.25. The van der Waals surface area contributed by atoms with Crippen LogP contribution < -0.4 is 10.9 Å². The van der Waals surface area contributed by atoms with E-state index in [0.29, 0.717) is 22.3 Å². The predicted octanol–water partition coefficient (Wildman–Crippen LogP) is 4.25. The third kappa shape index (κ3) is 5.08. The monoisotopic (exact) mass is 478 g/mol. The lowest BCUT2D eigenvalue weighted by atomic mass is 10.0. The van der Waals surface area contributed by atoms with E-state index in [0.717, 1.165) is 17.5 Å². The van der Waals surface area contributed by atoms with Crippen molar-refractivity contribution in [3.05, 3.63) is 87.5 Å². The van der Waals surface area contributed by atoms with Gasteiger partial charge in [0.2, 0.25) is 5.91 Å². The summed E-state index contributed by atoms with van der Waals surface area (Å²) in [6.07, 6.45) is 2.38. The number of amides is 1. The van der Waals surface area contributed by atoms with Crippen LogP contribution in [0.15, 0.2) is 65.0 Å². The third-order valence-corrected chi connectivity index (χ3v) is 6.80. The number of rotatable bonds is 8. The summed E-state index contributed by atoms with van der Waals surface area (Å²) in [6, 6.07) is 14.4. The average molecular weight is 479 g/mol. The average Bonchev–Trinajstić information content (AvgIpc) is 3.26. The van der Waals surface area contributed by atoms with Crippen LogP contribution in [0.2, 0.25) is 0 Å². The van der Waals surface area contributed by atoms with Crippen molar-refractivity contribution >= 4 is 27.5 Å². The van der Waals surface area contributed by atoms with E-state index in [4.69, 9.17) is 0 Å². The molecule has 0 aliphatic carbocycles. The molecule has 0 spiro atoms. The Kier molecular flexibility index (Phi) is 7.19. The van der Waals surface area contributed by atoms with Gasteiger partial charge in [0, 0.05) is 17.5 Å². The Morgan fingerprint density at radius 1 is 1.15 bits per heavy atom. The van der Waals surface area contributed by atoms with E-state index in [1.807, 2.05) is 19.5 Å². The van der Waals surface area contributed by atoms with Crippen LogP contribution in [0.3, 0.4) is 0 Å². The van der Waals surface area contributed by atoms with Crippen LogP contribution in [0, 0.1) is 5.82 Å². The Hall–Kier alpha value is -3.36. The molecule has 1 amide bonds. The van der Waals surface area contributed by atoms with Gasteiger partial charge >= 0.3 is 0 Å². The fourth-order valence-corrected chi connectivity index (χ4v) is 4.82. The quantitative estimate of drug-likeness (QED) is 0.411. The molecule has 34 heavy (non-hydrogen) atoms. The zero-order valence-corrected chi connectivity index (χ0v) is 20.2. The molecular formula is C26H27FN4O2S. The fraction of sp³-hybridized carbons (Fsp3) is 0.269. The van der Waals surface area contributed by atoms with Gasteiger partial charge in [-0.1, -0.05) is 43.3 Å². The summed E-state index contributed by atoms with van der Waals surface area (Å²) < 4.78 is 14.6. The first-order valence-electron chi connectivity index (χ1n) is 11.1. The highest BCUT2D eigenvalue weighted by atomic mass is 32.1. The maximum atomic E-state index is 13.3. The summed E-state index contributed by atoms with van der Waals surface area (Å²) in [7, 11) is 3.95. The molecule has 2 aromatic carbocycles. The minimum absolute atomic E-state index is 0.00846. The standard InChI is InChI=1S/C26H27FN4O2S/c1-4-17-5-7-19(8-6-17)22(30(2)3)13-28-23(32)14-31-16-29-25-24(26(31)33)21(15-34-25)18-9-11-20(27)12-10-18/h5-12,15-16,22H,4,13-14H2,1-3H3,(H,28,32). The Labute approximate surface area is 201 Å². The lowest BCUT2D eigenvalue weighted by molar-refractivity contribution is -0.121. The van der Waals surface area contributed by atoms with E-state index in [1.54, 1.807) is 12.1 Å². The summed E-state index contributed by atoms with van der Waals surface area (Å²) in [5.74, 6) is -0.605. The van der Waals surface area contributed by atoms with Crippen molar-refractivity contribution in [3.8, 4) is 11.1 Å². The first-order chi connectivity index (χ1) is 16.4. The van der Waals surface area contributed by atoms with E-state index in [-0.39, 0.29) is 29.9 Å². The van der Waals surface area contributed by atoms with Gasteiger partial charge < -0.3 is 10.2 Å². The van der Waals surface area contributed by atoms with Gasteiger partial charge in [0.1, 0.15) is 17.2 Å². The lowest BCUT2D eigenvalue weighted by Crippen LogP contribution is -2.37. The van der Waals surface area contributed by atoms with Crippen molar-refractivity contribution in [2.75, 3.05) is 20.6 Å². The van der Waals surface area contributed by atoms with Crippen LogP contribution in [0.1, 0.15) is 24.1 Å². The predicted molar refractivity (Wildman–Crippen MR) is 135 cm³/mol. The molecule has 1 atom stereocenters. The largest absolute Gasteiger partial charge is 0.353 e. The van der Waals surface area contributed by atoms with Gasteiger partial charge in [-0.2, -0.15) is 0 Å². The molecule has 0 saturated carbocycles. The molecule has 176 valence electrons. The number of nitrogens with one attached hydrogen (secondary N) is 1. The zero-order chi connectivity index (χ0) is 24.2. The number of carbonyl (C=O) groups is 1. The molecule has 1 N–H and O–H groups in total. The first kappa shape index (κ1) is 23.8. The van der Waals surface area contributed by atoms with Gasteiger partial charge in [-0.3, -0.25) is 14.2 Å². The molecule has 1 unspecified atom stereocenters. The van der Waals surface area contributed by atoms with Gasteiger partial charge in [0.15, 0.2) is 0 Å². The second kappa shape index (κ2) is 10.3. The van der Waals surface area contributed by atoms with Crippen molar-refractivity contribution in [2.24, 2.45) is 0 Å². The van der Waals surface area contributed by atoms with Crippen LogP contribution in [0.5, 0.6) is 0 Å². The molecule has 8 heteroatoms. The molecule has 2 aromatic heterocycles. The number of carbonyl (C=O) groups excluding carboxylic acids is 1. The number of hydrogen-bond donors (Lipinski definition) is 1. The van der Waals surface area contributed by atoms with Crippen LogP contribution in [-0.4, -0.2) is 41.0 Å². The summed E-state index contributed by atoms with van der Waals surface area (Å²) in [5, 5.41) is 5.23. The van der Waals surface area contributed by atoms with Gasteiger partial charge in [-0.05, 0) is 49.3 Å². The highest BCUT2D eigenvalue weighted by Gasteiger charge is 2.17. The Balaban J connectivity index is 1.51. The fourth-order valence-electron chi connectivity index (χ4n) is 3.92. The minimum Gasteiger partial charge on any atom is -0.353 e. The van der Waals surface area contributed by atoms with Gasteiger partial charge in [-0.15, -0.1) is 11.3 Å². The molecule has 0 fully saturated rings. The molecule has 0 saturated heterocycles. The SMILES string of the molecule is CCc1ccc(C(CNC(=O)Cn2cnc3scc(-c4ccc(F)cc4)c3c2=O)N(C)C)cc1. The van der Waals surface area contributed by atoms with Gasteiger partial charge in [-0.25, -0.2) is 9.37 Å². The van der Waals surface area contributed by atoms with Crippen LogP contribution >= 0.6 is 11.3 Å². The number of nitrogens with zero attached hydrogens (tertiary/aromatic N) is 3. The lowest BCUT2D eigenvalue weighted by Gasteiger charge is -2.25.